The minimum atomic E-state index is -0.768. The second-order valence-corrected chi connectivity index (χ2v) is 5.68. The molecular weight excluding hydrogens is 242 g/mol. The van der Waals surface area contributed by atoms with Crippen LogP contribution in [0.1, 0.15) is 51.4 Å². The number of carboxylic acid groups (broad SMARTS) is 1. The molecule has 0 saturated heterocycles. The molecule has 2 aliphatic carbocycles. The van der Waals surface area contributed by atoms with Crippen molar-refractivity contribution in [2.45, 2.75) is 57.4 Å². The molecule has 19 heavy (non-hydrogen) atoms. The summed E-state index contributed by atoms with van der Waals surface area (Å²) in [4.78, 5) is 23.5. The van der Waals surface area contributed by atoms with Crippen LogP contribution in [0.25, 0.3) is 0 Å². The SMILES string of the molecule is O=C(NC1CCCCCC1C(=O)O)C1CC=CCC1. The quantitative estimate of drug-likeness (QED) is 0.608. The van der Waals surface area contributed by atoms with Crippen LogP contribution in [0, 0.1) is 11.8 Å². The van der Waals surface area contributed by atoms with Crippen LogP contribution in [0.4, 0.5) is 0 Å². The minimum Gasteiger partial charge on any atom is -0.481 e. The molecule has 1 fully saturated rings. The summed E-state index contributed by atoms with van der Waals surface area (Å²) >= 11 is 0. The summed E-state index contributed by atoms with van der Waals surface area (Å²) < 4.78 is 0. The normalized spacial score (nSPS) is 31.5. The number of amides is 1. The van der Waals surface area contributed by atoms with Crippen molar-refractivity contribution in [3.8, 4) is 0 Å². The van der Waals surface area contributed by atoms with Gasteiger partial charge in [-0.2, -0.15) is 0 Å². The van der Waals surface area contributed by atoms with E-state index in [-0.39, 0.29) is 17.9 Å². The monoisotopic (exact) mass is 265 g/mol. The van der Waals surface area contributed by atoms with Gasteiger partial charge in [-0.25, -0.2) is 0 Å². The first-order chi connectivity index (χ1) is 9.18. The standard InChI is InChI=1S/C15H23NO3/c17-14(11-7-3-1-4-8-11)16-13-10-6-2-5-9-12(13)15(18)19/h1,3,11-13H,2,4-10H2,(H,16,17)(H,18,19). The highest BCUT2D eigenvalue weighted by Crippen LogP contribution is 2.25. The number of allylic oxidation sites excluding steroid dienone is 2. The minimum absolute atomic E-state index is 0.0303. The molecule has 0 spiro atoms. The van der Waals surface area contributed by atoms with Crippen molar-refractivity contribution in [3.05, 3.63) is 12.2 Å². The van der Waals surface area contributed by atoms with Gasteiger partial charge in [-0.15, -0.1) is 0 Å². The van der Waals surface area contributed by atoms with Crippen LogP contribution in [0.2, 0.25) is 0 Å². The third kappa shape index (κ3) is 3.82. The largest absolute Gasteiger partial charge is 0.481 e. The van der Waals surface area contributed by atoms with Crippen LogP contribution in [-0.2, 0) is 9.59 Å². The van der Waals surface area contributed by atoms with Gasteiger partial charge in [0.1, 0.15) is 0 Å². The fraction of sp³-hybridized carbons (Fsp3) is 0.733. The van der Waals surface area contributed by atoms with E-state index in [1.165, 1.54) is 0 Å². The lowest BCUT2D eigenvalue weighted by Gasteiger charge is -2.26. The van der Waals surface area contributed by atoms with Gasteiger partial charge in [0.15, 0.2) is 0 Å². The van der Waals surface area contributed by atoms with Gasteiger partial charge in [-0.1, -0.05) is 31.4 Å². The molecule has 0 aromatic heterocycles. The number of carbonyl (C=O) groups excluding carboxylic acids is 1. The Hall–Kier alpha value is -1.32. The molecule has 0 aromatic carbocycles. The maximum atomic E-state index is 12.2. The van der Waals surface area contributed by atoms with E-state index in [0.29, 0.717) is 6.42 Å². The first kappa shape index (κ1) is 14.1. The lowest BCUT2D eigenvalue weighted by atomic mass is 9.91. The molecule has 0 aromatic rings. The Morgan fingerprint density at radius 3 is 2.53 bits per heavy atom. The molecule has 4 nitrogen and oxygen atoms in total. The van der Waals surface area contributed by atoms with Crippen LogP contribution in [0.5, 0.6) is 0 Å². The number of carbonyl (C=O) groups is 2. The summed E-state index contributed by atoms with van der Waals surface area (Å²) in [5.74, 6) is -1.11. The van der Waals surface area contributed by atoms with E-state index in [0.717, 1.165) is 44.9 Å². The molecule has 2 rings (SSSR count). The third-order valence-electron chi connectivity index (χ3n) is 4.30. The maximum Gasteiger partial charge on any atom is 0.308 e. The van der Waals surface area contributed by atoms with Crippen molar-refractivity contribution in [3.63, 3.8) is 0 Å². The molecule has 1 amide bonds. The number of hydrogen-bond donors (Lipinski definition) is 2. The second-order valence-electron chi connectivity index (χ2n) is 5.68. The highest BCUT2D eigenvalue weighted by atomic mass is 16.4. The van der Waals surface area contributed by atoms with E-state index >= 15 is 0 Å². The Kier molecular flexibility index (Phi) is 5.00. The zero-order valence-electron chi connectivity index (χ0n) is 11.3. The van der Waals surface area contributed by atoms with Gasteiger partial charge in [0.25, 0.3) is 0 Å². The highest BCUT2D eigenvalue weighted by Gasteiger charge is 2.32. The zero-order chi connectivity index (χ0) is 13.7. The molecule has 0 bridgehead atoms. The average Bonchev–Trinajstić information content (AvgIpc) is 2.65. The number of aliphatic carboxylic acids is 1. The summed E-state index contributed by atoms with van der Waals surface area (Å²) in [5.41, 5.74) is 0. The molecule has 0 heterocycles. The van der Waals surface area contributed by atoms with Crippen LogP contribution >= 0.6 is 0 Å². The third-order valence-corrected chi connectivity index (χ3v) is 4.30. The van der Waals surface area contributed by atoms with Crippen molar-refractivity contribution >= 4 is 11.9 Å². The van der Waals surface area contributed by atoms with Crippen molar-refractivity contribution in [2.75, 3.05) is 0 Å². The van der Waals surface area contributed by atoms with E-state index in [4.69, 9.17) is 0 Å². The molecule has 3 unspecified atom stereocenters. The van der Waals surface area contributed by atoms with Gasteiger partial charge < -0.3 is 10.4 Å². The summed E-state index contributed by atoms with van der Waals surface area (Å²) in [6, 6.07) is -0.182. The molecule has 0 radical (unpaired) electrons. The van der Waals surface area contributed by atoms with E-state index in [9.17, 15) is 14.7 Å². The van der Waals surface area contributed by atoms with Gasteiger partial charge in [0.05, 0.1) is 5.92 Å². The maximum absolute atomic E-state index is 12.2. The van der Waals surface area contributed by atoms with E-state index in [1.807, 2.05) is 0 Å². The van der Waals surface area contributed by atoms with E-state index < -0.39 is 11.9 Å². The Morgan fingerprint density at radius 2 is 1.84 bits per heavy atom. The molecule has 2 aliphatic rings. The number of rotatable bonds is 3. The number of carboxylic acids is 1. The molecule has 0 aliphatic heterocycles. The van der Waals surface area contributed by atoms with E-state index in [2.05, 4.69) is 17.5 Å². The Morgan fingerprint density at radius 1 is 1.05 bits per heavy atom. The fourth-order valence-corrected chi connectivity index (χ4v) is 3.11. The Balaban J connectivity index is 1.95. The van der Waals surface area contributed by atoms with Crippen molar-refractivity contribution in [1.29, 1.82) is 0 Å². The second kappa shape index (κ2) is 6.73. The Labute approximate surface area is 114 Å². The number of hydrogen-bond acceptors (Lipinski definition) is 2. The Bertz CT molecular complexity index is 364. The van der Waals surface area contributed by atoms with Gasteiger partial charge >= 0.3 is 5.97 Å². The van der Waals surface area contributed by atoms with Crippen molar-refractivity contribution in [2.24, 2.45) is 11.8 Å². The van der Waals surface area contributed by atoms with Crippen molar-refractivity contribution in [1.82, 2.24) is 5.32 Å². The van der Waals surface area contributed by atoms with Gasteiger partial charge in [-0.3, -0.25) is 9.59 Å². The summed E-state index contributed by atoms with van der Waals surface area (Å²) in [5, 5.41) is 12.3. The van der Waals surface area contributed by atoms with Crippen LogP contribution in [0.3, 0.4) is 0 Å². The van der Waals surface area contributed by atoms with Crippen LogP contribution in [0.15, 0.2) is 12.2 Å². The summed E-state index contributed by atoms with van der Waals surface area (Å²) in [6.45, 7) is 0. The van der Waals surface area contributed by atoms with Crippen LogP contribution in [-0.4, -0.2) is 23.0 Å². The summed E-state index contributed by atoms with van der Waals surface area (Å²) in [6.07, 6.45) is 11.3. The van der Waals surface area contributed by atoms with E-state index in [1.54, 1.807) is 0 Å². The lowest BCUT2D eigenvalue weighted by Crippen LogP contribution is -2.45. The molecule has 106 valence electrons. The molecular formula is C15H23NO3. The lowest BCUT2D eigenvalue weighted by molar-refractivity contribution is -0.143. The average molecular weight is 265 g/mol. The smallest absolute Gasteiger partial charge is 0.308 e. The predicted octanol–water partition coefficient (Wildman–Crippen LogP) is 2.49. The van der Waals surface area contributed by atoms with Gasteiger partial charge in [0, 0.05) is 12.0 Å². The van der Waals surface area contributed by atoms with Gasteiger partial charge in [0.2, 0.25) is 5.91 Å². The molecule has 3 atom stereocenters. The van der Waals surface area contributed by atoms with Crippen LogP contribution < -0.4 is 5.32 Å². The first-order valence-corrected chi connectivity index (χ1v) is 7.36. The van der Waals surface area contributed by atoms with Gasteiger partial charge in [-0.05, 0) is 32.1 Å². The van der Waals surface area contributed by atoms with Crippen molar-refractivity contribution < 1.29 is 14.7 Å². The molecule has 2 N–H and O–H groups in total. The molecule has 4 heteroatoms. The zero-order valence-corrected chi connectivity index (χ0v) is 11.3. The first-order valence-electron chi connectivity index (χ1n) is 7.36. The topological polar surface area (TPSA) is 66.4 Å². The summed E-state index contributed by atoms with van der Waals surface area (Å²) in [7, 11) is 0. The highest BCUT2D eigenvalue weighted by molar-refractivity contribution is 5.80. The predicted molar refractivity (Wildman–Crippen MR) is 72.6 cm³/mol. The number of nitrogens with one attached hydrogen (secondary N) is 1. The fourth-order valence-electron chi connectivity index (χ4n) is 3.11. The molecule has 1 saturated carbocycles.